The van der Waals surface area contributed by atoms with Gasteiger partial charge in [0.1, 0.15) is 0 Å². The lowest BCUT2D eigenvalue weighted by atomic mass is 10.2. The van der Waals surface area contributed by atoms with Gasteiger partial charge in [0.05, 0.1) is 12.7 Å². The Balaban J connectivity index is 1.55. The lowest BCUT2D eigenvalue weighted by Crippen LogP contribution is -2.48. The van der Waals surface area contributed by atoms with Gasteiger partial charge in [-0.2, -0.15) is 0 Å². The maximum absolute atomic E-state index is 12.5. The van der Waals surface area contributed by atoms with E-state index in [2.05, 4.69) is 16.0 Å². The van der Waals surface area contributed by atoms with Crippen molar-refractivity contribution in [3.8, 4) is 5.88 Å². The van der Waals surface area contributed by atoms with Crippen molar-refractivity contribution in [1.82, 2.24) is 14.8 Å². The minimum atomic E-state index is 0.0209. The number of nitrogens with zero attached hydrogens (tertiary/aromatic N) is 3. The van der Waals surface area contributed by atoms with Crippen LogP contribution in [-0.2, 0) is 6.54 Å². The first kappa shape index (κ1) is 16.7. The van der Waals surface area contributed by atoms with Crippen LogP contribution in [0.4, 0.5) is 0 Å². The van der Waals surface area contributed by atoms with Crippen molar-refractivity contribution in [2.24, 2.45) is 0 Å². The zero-order valence-corrected chi connectivity index (χ0v) is 14.4. The number of piperazine rings is 1. The zero-order chi connectivity index (χ0) is 16.9. The summed E-state index contributed by atoms with van der Waals surface area (Å²) in [5, 5.41) is 0.758. The van der Waals surface area contributed by atoms with Crippen LogP contribution in [0.3, 0.4) is 0 Å². The van der Waals surface area contributed by atoms with Gasteiger partial charge in [-0.3, -0.25) is 9.69 Å². The topological polar surface area (TPSA) is 45.7 Å². The van der Waals surface area contributed by atoms with Crippen molar-refractivity contribution >= 4 is 17.5 Å². The molecule has 1 aliphatic heterocycles. The highest BCUT2D eigenvalue weighted by molar-refractivity contribution is 6.30. The molecule has 0 saturated carbocycles. The first-order valence-corrected chi connectivity index (χ1v) is 8.29. The van der Waals surface area contributed by atoms with E-state index in [-0.39, 0.29) is 5.91 Å². The van der Waals surface area contributed by atoms with Gasteiger partial charge in [-0.05, 0) is 23.8 Å². The third-order valence-corrected chi connectivity index (χ3v) is 4.38. The van der Waals surface area contributed by atoms with E-state index in [1.807, 2.05) is 23.1 Å². The van der Waals surface area contributed by atoms with Crippen LogP contribution in [0.15, 0.2) is 42.6 Å². The zero-order valence-electron chi connectivity index (χ0n) is 13.6. The molecule has 0 unspecified atom stereocenters. The molecule has 5 nitrogen and oxygen atoms in total. The molecule has 0 N–H and O–H groups in total. The highest BCUT2D eigenvalue weighted by Crippen LogP contribution is 2.15. The number of pyridine rings is 1. The van der Waals surface area contributed by atoms with Crippen LogP contribution in [0.2, 0.25) is 5.02 Å². The van der Waals surface area contributed by atoms with E-state index in [1.54, 1.807) is 25.4 Å². The molecule has 0 spiro atoms. The van der Waals surface area contributed by atoms with Crippen molar-refractivity contribution < 1.29 is 9.53 Å². The van der Waals surface area contributed by atoms with Gasteiger partial charge in [0.15, 0.2) is 0 Å². The van der Waals surface area contributed by atoms with Crippen LogP contribution < -0.4 is 4.74 Å². The molecule has 2 heterocycles. The SMILES string of the molecule is COc1ccc(C(=O)N2CCN(Cc3cccc(Cl)c3)CC2)cn1. The Morgan fingerprint density at radius 3 is 2.62 bits per heavy atom. The van der Waals surface area contributed by atoms with Gasteiger partial charge >= 0.3 is 0 Å². The van der Waals surface area contributed by atoms with Crippen molar-refractivity contribution in [2.75, 3.05) is 33.3 Å². The minimum Gasteiger partial charge on any atom is -0.481 e. The summed E-state index contributed by atoms with van der Waals surface area (Å²) in [7, 11) is 1.56. The summed E-state index contributed by atoms with van der Waals surface area (Å²) in [6.45, 7) is 3.98. The molecule has 1 fully saturated rings. The van der Waals surface area contributed by atoms with Crippen molar-refractivity contribution in [3.63, 3.8) is 0 Å². The first-order chi connectivity index (χ1) is 11.7. The number of amides is 1. The van der Waals surface area contributed by atoms with Crippen molar-refractivity contribution in [2.45, 2.75) is 6.54 Å². The lowest BCUT2D eigenvalue weighted by molar-refractivity contribution is 0.0628. The maximum Gasteiger partial charge on any atom is 0.255 e. The Labute approximate surface area is 146 Å². The molecular weight excluding hydrogens is 326 g/mol. The molecule has 3 rings (SSSR count). The molecule has 1 aromatic carbocycles. The molecule has 2 aromatic rings. The molecule has 1 amide bonds. The number of benzene rings is 1. The summed E-state index contributed by atoms with van der Waals surface area (Å²) in [6.07, 6.45) is 1.57. The number of carbonyl (C=O) groups excluding carboxylic acids is 1. The van der Waals surface area contributed by atoms with Gasteiger partial charge in [-0.25, -0.2) is 4.98 Å². The Kier molecular flexibility index (Phi) is 5.33. The second kappa shape index (κ2) is 7.64. The van der Waals surface area contributed by atoms with Crippen LogP contribution in [0.5, 0.6) is 5.88 Å². The number of halogens is 1. The normalized spacial score (nSPS) is 15.3. The second-order valence-electron chi connectivity index (χ2n) is 5.79. The van der Waals surface area contributed by atoms with Crippen LogP contribution in [-0.4, -0.2) is 54.0 Å². The number of carbonyl (C=O) groups is 1. The summed E-state index contributed by atoms with van der Waals surface area (Å²) in [5.74, 6) is 0.533. The van der Waals surface area contributed by atoms with E-state index in [4.69, 9.17) is 16.3 Å². The fourth-order valence-corrected chi connectivity index (χ4v) is 3.03. The fraction of sp³-hybridized carbons (Fsp3) is 0.333. The van der Waals surface area contributed by atoms with Gasteiger partial charge in [0, 0.05) is 50.0 Å². The molecule has 1 aromatic heterocycles. The Morgan fingerprint density at radius 1 is 1.21 bits per heavy atom. The summed E-state index contributed by atoms with van der Waals surface area (Å²) < 4.78 is 5.02. The molecule has 1 aliphatic rings. The van der Waals surface area contributed by atoms with Crippen molar-refractivity contribution in [3.05, 3.63) is 58.7 Å². The van der Waals surface area contributed by atoms with E-state index in [0.717, 1.165) is 24.7 Å². The predicted octanol–water partition coefficient (Wildman–Crippen LogP) is 2.70. The van der Waals surface area contributed by atoms with Crippen LogP contribution in [0.25, 0.3) is 0 Å². The average molecular weight is 346 g/mol. The molecule has 126 valence electrons. The van der Waals surface area contributed by atoms with Gasteiger partial charge in [-0.1, -0.05) is 23.7 Å². The quantitative estimate of drug-likeness (QED) is 0.854. The first-order valence-electron chi connectivity index (χ1n) is 7.92. The summed E-state index contributed by atoms with van der Waals surface area (Å²) in [4.78, 5) is 20.8. The molecule has 1 saturated heterocycles. The summed E-state index contributed by atoms with van der Waals surface area (Å²) in [5.41, 5.74) is 1.79. The molecule has 0 radical (unpaired) electrons. The van der Waals surface area contributed by atoms with E-state index < -0.39 is 0 Å². The van der Waals surface area contributed by atoms with Crippen LogP contribution >= 0.6 is 11.6 Å². The van der Waals surface area contributed by atoms with E-state index in [1.165, 1.54) is 5.56 Å². The van der Waals surface area contributed by atoms with Gasteiger partial charge < -0.3 is 9.64 Å². The molecule has 6 heteroatoms. The van der Waals surface area contributed by atoms with E-state index >= 15 is 0 Å². The van der Waals surface area contributed by atoms with E-state index in [9.17, 15) is 4.79 Å². The predicted molar refractivity (Wildman–Crippen MR) is 93.4 cm³/mol. The number of hydrogen-bond acceptors (Lipinski definition) is 4. The largest absolute Gasteiger partial charge is 0.481 e. The third-order valence-electron chi connectivity index (χ3n) is 4.15. The second-order valence-corrected chi connectivity index (χ2v) is 6.22. The minimum absolute atomic E-state index is 0.0209. The highest BCUT2D eigenvalue weighted by Gasteiger charge is 2.22. The molecule has 0 bridgehead atoms. The number of aromatic nitrogens is 1. The molecule has 0 aliphatic carbocycles. The Bertz CT molecular complexity index is 698. The van der Waals surface area contributed by atoms with Gasteiger partial charge in [0.2, 0.25) is 5.88 Å². The summed E-state index contributed by atoms with van der Waals surface area (Å²) in [6, 6.07) is 11.4. The third kappa shape index (κ3) is 4.04. The average Bonchev–Trinajstić information content (AvgIpc) is 2.62. The van der Waals surface area contributed by atoms with Crippen LogP contribution in [0.1, 0.15) is 15.9 Å². The number of ether oxygens (including phenoxy) is 1. The fourth-order valence-electron chi connectivity index (χ4n) is 2.81. The number of methoxy groups -OCH3 is 1. The monoisotopic (exact) mass is 345 g/mol. The molecule has 24 heavy (non-hydrogen) atoms. The maximum atomic E-state index is 12.5. The van der Waals surface area contributed by atoms with Crippen LogP contribution in [0, 0.1) is 0 Å². The smallest absolute Gasteiger partial charge is 0.255 e. The summed E-state index contributed by atoms with van der Waals surface area (Å²) >= 11 is 6.03. The number of hydrogen-bond donors (Lipinski definition) is 0. The standard InChI is InChI=1S/C18H20ClN3O2/c1-24-17-6-5-15(12-20-17)18(23)22-9-7-21(8-10-22)13-14-3-2-4-16(19)11-14/h2-6,11-12H,7-10,13H2,1H3. The lowest BCUT2D eigenvalue weighted by Gasteiger charge is -2.34. The van der Waals surface area contributed by atoms with Gasteiger partial charge in [0.25, 0.3) is 5.91 Å². The van der Waals surface area contributed by atoms with E-state index in [0.29, 0.717) is 24.5 Å². The van der Waals surface area contributed by atoms with Gasteiger partial charge in [-0.15, -0.1) is 0 Å². The molecular formula is C18H20ClN3O2. The number of rotatable bonds is 4. The Morgan fingerprint density at radius 2 is 2.00 bits per heavy atom. The van der Waals surface area contributed by atoms with Crippen molar-refractivity contribution in [1.29, 1.82) is 0 Å². The highest BCUT2D eigenvalue weighted by atomic mass is 35.5. The molecule has 0 atom stereocenters. The Hall–Kier alpha value is -2.11.